The predicted octanol–water partition coefficient (Wildman–Crippen LogP) is 3.18. The number of benzene rings is 1. The zero-order valence-electron chi connectivity index (χ0n) is 9.75. The molecule has 2 aromatic rings. The van der Waals surface area contributed by atoms with Crippen molar-refractivity contribution >= 4 is 12.0 Å². The third kappa shape index (κ3) is 2.34. The largest absolute Gasteiger partial charge is 0.502 e. The van der Waals surface area contributed by atoms with Crippen LogP contribution in [-0.4, -0.2) is 5.11 Å². The van der Waals surface area contributed by atoms with Crippen molar-refractivity contribution in [3.63, 3.8) is 0 Å². The van der Waals surface area contributed by atoms with Crippen molar-refractivity contribution in [2.75, 3.05) is 0 Å². The van der Waals surface area contributed by atoms with Crippen molar-refractivity contribution in [1.29, 1.82) is 0 Å². The molecule has 0 aliphatic heterocycles. The van der Waals surface area contributed by atoms with E-state index >= 15 is 0 Å². The Kier molecular flexibility index (Phi) is 3.69. The van der Waals surface area contributed by atoms with E-state index in [0.29, 0.717) is 0 Å². The SMILES string of the molecule is O/C(=C\[n+]1ccccc1)c1c(F)c(F)c(F)c(F)c1F. The third-order valence-electron chi connectivity index (χ3n) is 2.48. The summed E-state index contributed by atoms with van der Waals surface area (Å²) in [4.78, 5) is 0. The Morgan fingerprint density at radius 3 is 1.75 bits per heavy atom. The van der Waals surface area contributed by atoms with Gasteiger partial charge in [0.15, 0.2) is 41.4 Å². The summed E-state index contributed by atoms with van der Waals surface area (Å²) in [6.45, 7) is 0. The van der Waals surface area contributed by atoms with Crippen molar-refractivity contribution in [2.24, 2.45) is 0 Å². The standard InChI is InChI=1S/C13H6F5NO/c14-9-8(10(15)12(17)13(18)11(9)16)7(20)6-19-4-2-1-3-5-19/h1-6H/p+1/b7-6-. The fourth-order valence-electron chi connectivity index (χ4n) is 1.53. The number of aliphatic hydroxyl groups is 1. The molecule has 1 aromatic carbocycles. The van der Waals surface area contributed by atoms with Crippen LogP contribution in [0, 0.1) is 29.1 Å². The molecule has 0 spiro atoms. The molecule has 0 saturated carbocycles. The minimum Gasteiger partial charge on any atom is -0.502 e. The van der Waals surface area contributed by atoms with Crippen LogP contribution in [0.2, 0.25) is 0 Å². The lowest BCUT2D eigenvalue weighted by atomic mass is 10.1. The molecular formula is C13H7F5NO+. The predicted molar refractivity (Wildman–Crippen MR) is 59.7 cm³/mol. The fourth-order valence-corrected chi connectivity index (χ4v) is 1.53. The zero-order chi connectivity index (χ0) is 14.9. The molecule has 2 nitrogen and oxygen atoms in total. The van der Waals surface area contributed by atoms with E-state index in [2.05, 4.69) is 0 Å². The molecule has 0 radical (unpaired) electrons. The lowest BCUT2D eigenvalue weighted by molar-refractivity contribution is -0.568. The summed E-state index contributed by atoms with van der Waals surface area (Å²) in [6.07, 6.45) is 3.63. The van der Waals surface area contributed by atoms with Crippen LogP contribution in [0.3, 0.4) is 0 Å². The van der Waals surface area contributed by atoms with Gasteiger partial charge in [0, 0.05) is 12.1 Å². The van der Waals surface area contributed by atoms with Gasteiger partial charge in [-0.1, -0.05) is 6.07 Å². The van der Waals surface area contributed by atoms with Gasteiger partial charge in [-0.3, -0.25) is 0 Å². The summed E-state index contributed by atoms with van der Waals surface area (Å²) in [6, 6.07) is 4.73. The summed E-state index contributed by atoms with van der Waals surface area (Å²) in [5.74, 6) is -11.8. The zero-order valence-corrected chi connectivity index (χ0v) is 9.75. The first-order chi connectivity index (χ1) is 9.43. The Labute approximate surface area is 110 Å². The maximum absolute atomic E-state index is 13.4. The van der Waals surface area contributed by atoms with Crippen molar-refractivity contribution < 1.29 is 31.6 Å². The highest BCUT2D eigenvalue weighted by Crippen LogP contribution is 2.27. The Bertz CT molecular complexity index is 656. The molecule has 0 unspecified atom stereocenters. The Morgan fingerprint density at radius 2 is 1.25 bits per heavy atom. The molecule has 2 rings (SSSR count). The first kappa shape index (κ1) is 14.0. The summed E-state index contributed by atoms with van der Waals surface area (Å²) < 4.78 is 66.9. The maximum Gasteiger partial charge on any atom is 0.217 e. The van der Waals surface area contributed by atoms with Crippen LogP contribution in [0.25, 0.3) is 12.0 Å². The van der Waals surface area contributed by atoms with E-state index in [9.17, 15) is 27.1 Å². The molecule has 1 N–H and O–H groups in total. The van der Waals surface area contributed by atoms with E-state index in [1.165, 1.54) is 17.0 Å². The summed E-state index contributed by atoms with van der Waals surface area (Å²) in [7, 11) is 0. The molecule has 0 aliphatic carbocycles. The number of pyridine rings is 1. The van der Waals surface area contributed by atoms with Crippen molar-refractivity contribution in [3.05, 3.63) is 65.2 Å². The van der Waals surface area contributed by atoms with Crippen LogP contribution in [0.15, 0.2) is 30.6 Å². The van der Waals surface area contributed by atoms with Gasteiger partial charge >= 0.3 is 0 Å². The van der Waals surface area contributed by atoms with Crippen LogP contribution in [0.5, 0.6) is 0 Å². The first-order valence-corrected chi connectivity index (χ1v) is 5.32. The molecule has 20 heavy (non-hydrogen) atoms. The van der Waals surface area contributed by atoms with Gasteiger partial charge in [-0.15, -0.1) is 0 Å². The van der Waals surface area contributed by atoms with Crippen LogP contribution in [0.4, 0.5) is 22.0 Å². The van der Waals surface area contributed by atoms with Gasteiger partial charge in [0.1, 0.15) is 5.56 Å². The van der Waals surface area contributed by atoms with E-state index in [1.54, 1.807) is 18.2 Å². The number of hydrogen-bond donors (Lipinski definition) is 1. The molecule has 0 amide bonds. The van der Waals surface area contributed by atoms with Gasteiger partial charge in [-0.05, 0) is 0 Å². The van der Waals surface area contributed by atoms with Crippen molar-refractivity contribution in [1.82, 2.24) is 0 Å². The molecule has 0 fully saturated rings. The number of rotatable bonds is 2. The molecule has 1 heterocycles. The van der Waals surface area contributed by atoms with Gasteiger partial charge in [-0.2, -0.15) is 4.57 Å². The second-order valence-corrected chi connectivity index (χ2v) is 3.78. The molecular weight excluding hydrogens is 281 g/mol. The molecule has 104 valence electrons. The quantitative estimate of drug-likeness (QED) is 0.296. The van der Waals surface area contributed by atoms with E-state index in [4.69, 9.17) is 0 Å². The van der Waals surface area contributed by atoms with Crippen LogP contribution < -0.4 is 4.57 Å². The monoisotopic (exact) mass is 288 g/mol. The minimum absolute atomic E-state index is 0.818. The van der Waals surface area contributed by atoms with Gasteiger partial charge in [0.2, 0.25) is 12.0 Å². The normalized spacial score (nSPS) is 11.8. The number of aromatic nitrogens is 1. The molecule has 1 aromatic heterocycles. The topological polar surface area (TPSA) is 24.1 Å². The van der Waals surface area contributed by atoms with Crippen LogP contribution >= 0.6 is 0 Å². The highest BCUT2D eigenvalue weighted by molar-refractivity contribution is 5.67. The highest BCUT2D eigenvalue weighted by atomic mass is 19.2. The molecule has 0 bridgehead atoms. The number of nitrogens with zero attached hydrogens (tertiary/aromatic N) is 1. The molecule has 0 saturated heterocycles. The lowest BCUT2D eigenvalue weighted by Gasteiger charge is -2.06. The smallest absolute Gasteiger partial charge is 0.217 e. The number of aliphatic hydroxyl groups excluding tert-OH is 1. The molecule has 7 heteroatoms. The maximum atomic E-state index is 13.4. The fraction of sp³-hybridized carbons (Fsp3) is 0. The Balaban J connectivity index is 2.62. The average Bonchev–Trinajstić information content (AvgIpc) is 2.44. The van der Waals surface area contributed by atoms with Gasteiger partial charge in [-0.25, -0.2) is 22.0 Å². The van der Waals surface area contributed by atoms with Gasteiger partial charge < -0.3 is 5.11 Å². The summed E-state index contributed by atoms with van der Waals surface area (Å²) in [5.41, 5.74) is -1.38. The number of halogens is 5. The minimum atomic E-state index is -2.27. The Hall–Kier alpha value is -2.44. The highest BCUT2D eigenvalue weighted by Gasteiger charge is 2.28. The lowest BCUT2D eigenvalue weighted by Crippen LogP contribution is -2.24. The van der Waals surface area contributed by atoms with E-state index in [-0.39, 0.29) is 0 Å². The van der Waals surface area contributed by atoms with E-state index < -0.39 is 40.4 Å². The van der Waals surface area contributed by atoms with Crippen LogP contribution in [0.1, 0.15) is 5.56 Å². The van der Waals surface area contributed by atoms with Crippen molar-refractivity contribution in [3.8, 4) is 0 Å². The Morgan fingerprint density at radius 1 is 0.800 bits per heavy atom. The second kappa shape index (κ2) is 5.28. The van der Waals surface area contributed by atoms with Crippen LogP contribution in [-0.2, 0) is 0 Å². The molecule has 0 aliphatic rings. The van der Waals surface area contributed by atoms with E-state index in [0.717, 1.165) is 6.20 Å². The van der Waals surface area contributed by atoms with Gasteiger partial charge in [0.05, 0.1) is 0 Å². The second-order valence-electron chi connectivity index (χ2n) is 3.78. The van der Waals surface area contributed by atoms with E-state index in [1.807, 2.05) is 0 Å². The third-order valence-corrected chi connectivity index (χ3v) is 2.48. The first-order valence-electron chi connectivity index (χ1n) is 5.32. The van der Waals surface area contributed by atoms with Crippen molar-refractivity contribution in [2.45, 2.75) is 0 Å². The van der Waals surface area contributed by atoms with Gasteiger partial charge in [0.25, 0.3) is 0 Å². The average molecular weight is 288 g/mol. The summed E-state index contributed by atoms with van der Waals surface area (Å²) >= 11 is 0. The number of hydrogen-bond acceptors (Lipinski definition) is 1. The molecule has 0 atom stereocenters. The summed E-state index contributed by atoms with van der Waals surface area (Å²) in [5, 5.41) is 9.58.